The first kappa shape index (κ1) is 21.9. The van der Waals surface area contributed by atoms with Crippen LogP contribution in [0.5, 0.6) is 0 Å². The molecule has 2 aromatic heterocycles. The molecule has 8 nitrogen and oxygen atoms in total. The Morgan fingerprint density at radius 2 is 1.87 bits per heavy atom. The smallest absolute Gasteiger partial charge is 0.252 e. The Hall–Kier alpha value is -3.75. The van der Waals surface area contributed by atoms with Crippen molar-refractivity contribution in [1.82, 2.24) is 15.0 Å². The molecule has 9 heteroatoms. The average Bonchev–Trinajstić information content (AvgIpc) is 3.12. The minimum Gasteiger partial charge on any atom is -0.360 e. The maximum atomic E-state index is 13.2. The van der Waals surface area contributed by atoms with Gasteiger partial charge in [0.25, 0.3) is 11.5 Å². The molecule has 0 radical (unpaired) electrons. The predicted molar refractivity (Wildman–Crippen MR) is 112 cm³/mol. The van der Waals surface area contributed by atoms with Gasteiger partial charge < -0.3 is 19.7 Å². The number of amides is 2. The Morgan fingerprint density at radius 1 is 1.16 bits per heavy atom. The summed E-state index contributed by atoms with van der Waals surface area (Å²) in [7, 11) is 0. The fraction of sp³-hybridized carbons (Fsp3) is 0.273. The molecule has 2 amide bonds. The second-order valence-corrected chi connectivity index (χ2v) is 7.83. The lowest BCUT2D eigenvalue weighted by atomic mass is 9.84. The average molecular weight is 426 g/mol. The Balaban J connectivity index is 1.65. The van der Waals surface area contributed by atoms with Gasteiger partial charge in [0.2, 0.25) is 5.91 Å². The van der Waals surface area contributed by atoms with Gasteiger partial charge in [-0.05, 0) is 30.7 Å². The van der Waals surface area contributed by atoms with Gasteiger partial charge in [-0.1, -0.05) is 31.1 Å². The topological polar surface area (TPSA) is 106 Å². The molecule has 162 valence electrons. The number of benzene rings is 1. The van der Waals surface area contributed by atoms with Crippen LogP contribution in [-0.4, -0.2) is 28.1 Å². The quantitative estimate of drug-likeness (QED) is 0.604. The van der Waals surface area contributed by atoms with E-state index in [1.54, 1.807) is 25.1 Å². The lowest BCUT2D eigenvalue weighted by Crippen LogP contribution is -2.37. The van der Waals surface area contributed by atoms with Crippen LogP contribution in [0.15, 0.2) is 58.0 Å². The van der Waals surface area contributed by atoms with E-state index >= 15 is 0 Å². The van der Waals surface area contributed by atoms with Gasteiger partial charge in [0.15, 0.2) is 5.82 Å². The lowest BCUT2D eigenvalue weighted by Gasteiger charge is -2.25. The first-order valence-electron chi connectivity index (χ1n) is 9.62. The molecule has 0 saturated carbocycles. The number of hydrogen-bond donors (Lipinski definition) is 2. The minimum atomic E-state index is -0.481. The monoisotopic (exact) mass is 426 g/mol. The summed E-state index contributed by atoms with van der Waals surface area (Å²) in [6, 6.07) is 10.3. The Kier molecular flexibility index (Phi) is 6.33. The third-order valence-electron chi connectivity index (χ3n) is 4.77. The Morgan fingerprint density at radius 3 is 2.52 bits per heavy atom. The second kappa shape index (κ2) is 8.95. The van der Waals surface area contributed by atoms with Gasteiger partial charge in [-0.25, -0.2) is 4.39 Å². The molecule has 0 aliphatic heterocycles. The molecule has 0 saturated heterocycles. The molecular weight excluding hydrogens is 403 g/mol. The third-order valence-corrected chi connectivity index (χ3v) is 4.77. The zero-order chi connectivity index (χ0) is 22.6. The lowest BCUT2D eigenvalue weighted by molar-refractivity contribution is -0.116. The number of carbonyl (C=O) groups excluding carboxylic acids is 2. The van der Waals surface area contributed by atoms with Gasteiger partial charge in [-0.15, -0.1) is 0 Å². The van der Waals surface area contributed by atoms with Crippen LogP contribution in [0, 0.1) is 12.7 Å². The number of anilines is 1. The van der Waals surface area contributed by atoms with Gasteiger partial charge in [-0.2, -0.15) is 0 Å². The van der Waals surface area contributed by atoms with E-state index in [9.17, 15) is 18.8 Å². The number of nitrogens with one attached hydrogen (secondary N) is 2. The fourth-order valence-electron chi connectivity index (χ4n) is 2.96. The second-order valence-electron chi connectivity index (χ2n) is 7.83. The molecule has 0 atom stereocenters. The number of aromatic nitrogens is 2. The zero-order valence-electron chi connectivity index (χ0n) is 17.4. The van der Waals surface area contributed by atoms with Crippen LogP contribution in [0.25, 0.3) is 0 Å². The van der Waals surface area contributed by atoms with Crippen molar-refractivity contribution in [3.05, 3.63) is 81.7 Å². The van der Waals surface area contributed by atoms with Crippen LogP contribution < -0.4 is 16.2 Å². The fourth-order valence-corrected chi connectivity index (χ4v) is 2.96. The van der Waals surface area contributed by atoms with Crippen molar-refractivity contribution in [2.24, 2.45) is 0 Å². The van der Waals surface area contributed by atoms with Crippen molar-refractivity contribution in [3.63, 3.8) is 0 Å². The molecule has 3 aromatic rings. The summed E-state index contributed by atoms with van der Waals surface area (Å²) >= 11 is 0. The van der Waals surface area contributed by atoms with Crippen molar-refractivity contribution in [1.29, 1.82) is 0 Å². The van der Waals surface area contributed by atoms with Crippen LogP contribution in [0.3, 0.4) is 0 Å². The summed E-state index contributed by atoms with van der Waals surface area (Å²) in [4.78, 5) is 36.9. The molecule has 0 aliphatic rings. The molecule has 31 heavy (non-hydrogen) atoms. The van der Waals surface area contributed by atoms with E-state index in [4.69, 9.17) is 4.52 Å². The van der Waals surface area contributed by atoms with E-state index in [1.807, 2.05) is 13.8 Å². The SMILES string of the molecule is Cc1cc(NC(=O)Cn2cc(C(=O)NCC(C)(C)c3ccc(F)cc3)ccc2=O)no1. The van der Waals surface area contributed by atoms with E-state index in [0.717, 1.165) is 10.1 Å². The van der Waals surface area contributed by atoms with Gasteiger partial charge in [0.1, 0.15) is 18.1 Å². The summed E-state index contributed by atoms with van der Waals surface area (Å²) in [6.07, 6.45) is 1.33. The van der Waals surface area contributed by atoms with Crippen LogP contribution in [0.4, 0.5) is 10.2 Å². The highest BCUT2D eigenvalue weighted by atomic mass is 19.1. The van der Waals surface area contributed by atoms with Crippen LogP contribution in [-0.2, 0) is 16.8 Å². The third kappa shape index (κ3) is 5.65. The first-order chi connectivity index (χ1) is 14.6. The molecule has 2 heterocycles. The van der Waals surface area contributed by atoms with Gasteiger partial charge in [0, 0.05) is 30.3 Å². The number of nitrogens with zero attached hydrogens (tertiary/aromatic N) is 2. The van der Waals surface area contributed by atoms with Gasteiger partial charge in [0.05, 0.1) is 5.56 Å². The van der Waals surface area contributed by atoms with Crippen molar-refractivity contribution in [3.8, 4) is 0 Å². The van der Waals surface area contributed by atoms with Crippen LogP contribution in [0.2, 0.25) is 0 Å². The van der Waals surface area contributed by atoms with E-state index in [2.05, 4.69) is 15.8 Å². The maximum Gasteiger partial charge on any atom is 0.252 e. The zero-order valence-corrected chi connectivity index (χ0v) is 17.4. The summed E-state index contributed by atoms with van der Waals surface area (Å²) in [6.45, 7) is 5.55. The number of rotatable bonds is 7. The molecule has 1 aromatic carbocycles. The van der Waals surface area contributed by atoms with Gasteiger partial charge >= 0.3 is 0 Å². The van der Waals surface area contributed by atoms with E-state index in [-0.39, 0.29) is 23.7 Å². The molecule has 0 spiro atoms. The van der Waals surface area contributed by atoms with Crippen molar-refractivity contribution in [2.75, 3.05) is 11.9 Å². The van der Waals surface area contributed by atoms with Crippen LogP contribution >= 0.6 is 0 Å². The molecular formula is C22H23FN4O4. The highest BCUT2D eigenvalue weighted by Gasteiger charge is 2.22. The predicted octanol–water partition coefficient (Wildman–Crippen LogP) is 2.63. The molecule has 0 unspecified atom stereocenters. The molecule has 0 aliphatic carbocycles. The van der Waals surface area contributed by atoms with Crippen LogP contribution in [0.1, 0.15) is 35.5 Å². The molecule has 3 rings (SSSR count). The highest BCUT2D eigenvalue weighted by molar-refractivity contribution is 5.94. The number of pyridine rings is 1. The van der Waals surface area contributed by atoms with E-state index in [1.165, 1.54) is 30.5 Å². The van der Waals surface area contributed by atoms with Crippen molar-refractivity contribution < 1.29 is 18.5 Å². The van der Waals surface area contributed by atoms with Crippen molar-refractivity contribution >= 4 is 17.6 Å². The largest absolute Gasteiger partial charge is 0.360 e. The standard InChI is InChI=1S/C22H23FN4O4/c1-14-10-18(26-31-14)25-19(28)12-27-11-15(4-9-20(27)29)21(30)24-13-22(2,3)16-5-7-17(23)8-6-16/h4-11H,12-13H2,1-3H3,(H,24,30)(H,25,26,28). The minimum absolute atomic E-state index is 0.236. The number of carbonyl (C=O) groups is 2. The summed E-state index contributed by atoms with van der Waals surface area (Å²) in [5.74, 6) is -0.419. The molecule has 2 N–H and O–H groups in total. The number of halogens is 1. The number of hydrogen-bond acceptors (Lipinski definition) is 5. The van der Waals surface area contributed by atoms with Gasteiger partial charge in [-0.3, -0.25) is 14.4 Å². The Labute approximate surface area is 178 Å². The highest BCUT2D eigenvalue weighted by Crippen LogP contribution is 2.22. The summed E-state index contributed by atoms with van der Waals surface area (Å²) in [5, 5.41) is 9.01. The summed E-state index contributed by atoms with van der Waals surface area (Å²) < 4.78 is 19.2. The summed E-state index contributed by atoms with van der Waals surface area (Å²) in [5.41, 5.74) is 0.251. The van der Waals surface area contributed by atoms with E-state index < -0.39 is 22.8 Å². The Bertz CT molecular complexity index is 1150. The van der Waals surface area contributed by atoms with Crippen molar-refractivity contribution in [2.45, 2.75) is 32.7 Å². The molecule has 0 bridgehead atoms. The normalized spacial score (nSPS) is 11.2. The first-order valence-corrected chi connectivity index (χ1v) is 9.62. The molecule has 0 fully saturated rings. The maximum absolute atomic E-state index is 13.2. The van der Waals surface area contributed by atoms with E-state index in [0.29, 0.717) is 12.3 Å². The number of aryl methyl sites for hydroxylation is 1.